The lowest BCUT2D eigenvalue weighted by Crippen LogP contribution is -2.46. The minimum absolute atomic E-state index is 0.231. The van der Waals surface area contributed by atoms with Gasteiger partial charge in [0.2, 0.25) is 0 Å². The van der Waals surface area contributed by atoms with Gasteiger partial charge in [-0.05, 0) is 117 Å². The molecule has 0 saturated heterocycles. The molecule has 13 rings (SSSR count). The van der Waals surface area contributed by atoms with Crippen molar-refractivity contribution in [1.82, 2.24) is 14.8 Å². The molecular formula is C65H50N4S. The maximum absolute atomic E-state index is 5.45. The Kier molecular flexibility index (Phi) is 10.5. The van der Waals surface area contributed by atoms with Crippen molar-refractivity contribution in [1.29, 1.82) is 0 Å². The molecule has 3 heterocycles. The van der Waals surface area contributed by atoms with Crippen LogP contribution in [0.2, 0.25) is 0 Å². The van der Waals surface area contributed by atoms with Gasteiger partial charge >= 0.3 is 0 Å². The Morgan fingerprint density at radius 1 is 0.471 bits per heavy atom. The first-order chi connectivity index (χ1) is 34.5. The van der Waals surface area contributed by atoms with Crippen molar-refractivity contribution in [2.45, 2.75) is 25.3 Å². The van der Waals surface area contributed by atoms with Crippen LogP contribution in [-0.4, -0.2) is 22.4 Å². The second-order valence-corrected chi connectivity index (χ2v) is 19.9. The first kappa shape index (κ1) is 42.0. The summed E-state index contributed by atoms with van der Waals surface area (Å²) in [4.78, 5) is 7.86. The molecule has 0 bridgehead atoms. The number of thiophene rings is 1. The van der Waals surface area contributed by atoms with Gasteiger partial charge in [-0.15, -0.1) is 11.3 Å². The molecule has 2 aromatic heterocycles. The highest BCUT2D eigenvalue weighted by atomic mass is 32.1. The summed E-state index contributed by atoms with van der Waals surface area (Å²) < 4.78 is 5.15. The van der Waals surface area contributed by atoms with Crippen molar-refractivity contribution in [3.05, 3.63) is 253 Å². The van der Waals surface area contributed by atoms with Gasteiger partial charge < -0.3 is 9.88 Å². The standard InChI is InChI=1S/C65H50N4S/c1-42-20-15-17-31-57(42)69-58-32-18-16-29-52(58)54-40-56-61(41-59(54)69)70-60-33-19-30-53(62(56)60)51-35-34-47(50-37-48(43-21-7-3-8-22-43)36-49(38-50)44-23-9-4-10-24-44)39-55(51)65-67-63(45-25-11-5-12-26-45)66-64(68(65)2)46-27-13-6-14-28-46/h3-42,57,64-65H,1-2H3,(H,66,67). The average molecular weight is 919 g/mol. The Labute approximate surface area is 412 Å². The first-order valence-electron chi connectivity index (χ1n) is 24.3. The molecular weight excluding hydrogens is 869 g/mol. The Morgan fingerprint density at radius 3 is 1.80 bits per heavy atom. The van der Waals surface area contributed by atoms with Gasteiger partial charge in [-0.1, -0.05) is 195 Å². The fourth-order valence-electron chi connectivity index (χ4n) is 11.1. The molecule has 4 nitrogen and oxygen atoms in total. The second kappa shape index (κ2) is 17.5. The average Bonchev–Trinajstić information content (AvgIpc) is 3.96. The number of aliphatic imine (C=N–C) groups is 1. The van der Waals surface area contributed by atoms with Crippen molar-refractivity contribution in [2.24, 2.45) is 10.9 Å². The van der Waals surface area contributed by atoms with Gasteiger partial charge in [-0.25, -0.2) is 4.99 Å². The SMILES string of the molecule is CC1C=CC=CC1n1c2ccccc2c2cc3c(cc21)sc1cccc(-c2ccc(-c4cc(-c5ccccc5)cc(-c5ccccc5)c4)cc2C2NC(c4ccccc4)=NC(c4ccccc4)N2C)c13. The van der Waals surface area contributed by atoms with E-state index in [1.54, 1.807) is 0 Å². The number of amidine groups is 1. The summed E-state index contributed by atoms with van der Waals surface area (Å²) in [5.41, 5.74) is 15.4. The van der Waals surface area contributed by atoms with Crippen molar-refractivity contribution < 1.29 is 0 Å². The number of rotatable bonds is 8. The van der Waals surface area contributed by atoms with Gasteiger partial charge in [0.15, 0.2) is 0 Å². The van der Waals surface area contributed by atoms with E-state index >= 15 is 0 Å². The minimum atomic E-state index is -0.247. The van der Waals surface area contributed by atoms with E-state index in [2.05, 4.69) is 265 Å². The number of nitrogens with zero attached hydrogens (tertiary/aromatic N) is 3. The van der Waals surface area contributed by atoms with Crippen LogP contribution in [0.15, 0.2) is 242 Å². The van der Waals surface area contributed by atoms with E-state index in [1.807, 2.05) is 11.3 Å². The maximum Gasteiger partial charge on any atom is 0.132 e. The van der Waals surface area contributed by atoms with Crippen molar-refractivity contribution in [2.75, 3.05) is 7.05 Å². The van der Waals surface area contributed by atoms with Gasteiger partial charge in [-0.3, -0.25) is 4.90 Å². The van der Waals surface area contributed by atoms with Crippen LogP contribution < -0.4 is 5.32 Å². The van der Waals surface area contributed by atoms with Gasteiger partial charge in [0, 0.05) is 42.0 Å². The van der Waals surface area contributed by atoms with Crippen LogP contribution in [0.3, 0.4) is 0 Å². The molecule has 2 aliphatic rings. The van der Waals surface area contributed by atoms with Crippen LogP contribution in [0.4, 0.5) is 0 Å². The third-order valence-electron chi connectivity index (χ3n) is 14.6. The van der Waals surface area contributed by atoms with E-state index in [-0.39, 0.29) is 18.4 Å². The normalized spacial score (nSPS) is 18.2. The van der Waals surface area contributed by atoms with Crippen molar-refractivity contribution in [3.63, 3.8) is 0 Å². The molecule has 4 unspecified atom stereocenters. The van der Waals surface area contributed by atoms with E-state index in [0.29, 0.717) is 5.92 Å². The number of allylic oxidation sites excluding steroid dienone is 4. The van der Waals surface area contributed by atoms with Crippen LogP contribution in [-0.2, 0) is 0 Å². The van der Waals surface area contributed by atoms with Crippen LogP contribution >= 0.6 is 11.3 Å². The summed E-state index contributed by atoms with van der Waals surface area (Å²) in [5.74, 6) is 1.25. The lowest BCUT2D eigenvalue weighted by Gasteiger charge is -2.40. The molecule has 0 fully saturated rings. The second-order valence-electron chi connectivity index (χ2n) is 18.8. The van der Waals surface area contributed by atoms with E-state index in [4.69, 9.17) is 4.99 Å². The zero-order valence-electron chi connectivity index (χ0n) is 39.1. The van der Waals surface area contributed by atoms with Crippen molar-refractivity contribution >= 4 is 59.2 Å². The summed E-state index contributed by atoms with van der Waals surface area (Å²) in [5, 5.41) is 9.18. The fourth-order valence-corrected chi connectivity index (χ4v) is 12.2. The molecule has 1 aliphatic heterocycles. The quantitative estimate of drug-likeness (QED) is 0.165. The predicted octanol–water partition coefficient (Wildman–Crippen LogP) is 16.8. The number of nitrogens with one attached hydrogen (secondary N) is 1. The third-order valence-corrected chi connectivity index (χ3v) is 15.7. The minimum Gasteiger partial charge on any atom is -0.350 e. The summed E-state index contributed by atoms with van der Waals surface area (Å²) in [6, 6.07) is 78.1. The molecule has 11 aromatic rings. The molecule has 4 atom stereocenters. The Balaban J connectivity index is 1.05. The Hall–Kier alpha value is -8.09. The zero-order chi connectivity index (χ0) is 46.7. The van der Waals surface area contributed by atoms with Gasteiger partial charge in [0.1, 0.15) is 18.2 Å². The van der Waals surface area contributed by atoms with Gasteiger partial charge in [0.05, 0.1) is 11.6 Å². The van der Waals surface area contributed by atoms with Crippen LogP contribution in [0.5, 0.6) is 0 Å². The molecule has 0 spiro atoms. The van der Waals surface area contributed by atoms with Crippen molar-refractivity contribution in [3.8, 4) is 44.5 Å². The highest BCUT2D eigenvalue weighted by Gasteiger charge is 2.34. The molecule has 336 valence electrons. The maximum atomic E-state index is 5.45. The first-order valence-corrected chi connectivity index (χ1v) is 25.2. The molecule has 70 heavy (non-hydrogen) atoms. The highest BCUT2D eigenvalue weighted by molar-refractivity contribution is 7.26. The topological polar surface area (TPSA) is 32.6 Å². The number of fused-ring (bicyclic) bond motifs is 6. The number of hydrogen-bond acceptors (Lipinski definition) is 4. The van der Waals surface area contributed by atoms with E-state index in [9.17, 15) is 0 Å². The molecule has 0 amide bonds. The fraction of sp³-hybridized carbons (Fsp3) is 0.0923. The number of aromatic nitrogens is 1. The number of para-hydroxylation sites is 1. The molecule has 5 heteroatoms. The Morgan fingerprint density at radius 2 is 1.10 bits per heavy atom. The predicted molar refractivity (Wildman–Crippen MR) is 296 cm³/mol. The number of hydrogen-bond donors (Lipinski definition) is 1. The molecule has 0 radical (unpaired) electrons. The summed E-state index contributed by atoms with van der Waals surface area (Å²) in [7, 11) is 2.21. The van der Waals surface area contributed by atoms with Gasteiger partial charge in [0.25, 0.3) is 0 Å². The molecule has 1 N–H and O–H groups in total. The molecule has 9 aromatic carbocycles. The monoisotopic (exact) mass is 918 g/mol. The largest absolute Gasteiger partial charge is 0.350 e. The zero-order valence-corrected chi connectivity index (χ0v) is 39.9. The van der Waals surface area contributed by atoms with E-state index < -0.39 is 0 Å². The molecule has 0 saturated carbocycles. The van der Waals surface area contributed by atoms with E-state index in [0.717, 1.165) is 22.5 Å². The number of benzene rings is 9. The Bertz CT molecular complexity index is 3790. The van der Waals surface area contributed by atoms with Crippen LogP contribution in [0.25, 0.3) is 86.5 Å². The highest BCUT2D eigenvalue weighted by Crippen LogP contribution is 2.48. The summed E-state index contributed by atoms with van der Waals surface area (Å²) in [6.07, 6.45) is 8.60. The van der Waals surface area contributed by atoms with E-state index in [1.165, 1.54) is 86.5 Å². The lowest BCUT2D eigenvalue weighted by atomic mass is 9.88. The third kappa shape index (κ3) is 7.29. The van der Waals surface area contributed by atoms with Gasteiger partial charge in [-0.2, -0.15) is 0 Å². The lowest BCUT2D eigenvalue weighted by molar-refractivity contribution is 0.152. The van der Waals surface area contributed by atoms with Crippen LogP contribution in [0.1, 0.15) is 42.0 Å². The summed E-state index contributed by atoms with van der Waals surface area (Å²) in [6.45, 7) is 2.33. The summed E-state index contributed by atoms with van der Waals surface area (Å²) >= 11 is 1.90. The van der Waals surface area contributed by atoms with Crippen LogP contribution in [0, 0.1) is 5.92 Å². The molecule has 1 aliphatic carbocycles. The smallest absolute Gasteiger partial charge is 0.132 e.